The van der Waals surface area contributed by atoms with Crippen molar-refractivity contribution in [2.75, 3.05) is 0 Å². The van der Waals surface area contributed by atoms with Crippen LogP contribution >= 0.6 is 11.8 Å². The van der Waals surface area contributed by atoms with Gasteiger partial charge < -0.3 is 8.94 Å². The van der Waals surface area contributed by atoms with Crippen molar-refractivity contribution in [2.24, 2.45) is 0 Å². The predicted octanol–water partition coefficient (Wildman–Crippen LogP) is 5.51. The lowest BCUT2D eigenvalue weighted by molar-refractivity contribution is 0.421. The van der Waals surface area contributed by atoms with Crippen molar-refractivity contribution in [3.05, 3.63) is 59.7 Å². The third kappa shape index (κ3) is 3.47. The number of halogens is 1. The molecule has 0 bridgehead atoms. The largest absolute Gasteiger partial charge is 0.461 e. The van der Waals surface area contributed by atoms with Crippen molar-refractivity contribution in [1.29, 1.82) is 0 Å². The van der Waals surface area contributed by atoms with Crippen LogP contribution in [0.15, 0.2) is 56.8 Å². The highest BCUT2D eigenvalue weighted by atomic mass is 32.2. The molecule has 0 amide bonds. The molecule has 1 atom stereocenters. The number of aromatic nitrogens is 4. The molecular weight excluding hydrogens is 379 g/mol. The average molecular weight is 398 g/mol. The van der Waals surface area contributed by atoms with Gasteiger partial charge in [0, 0.05) is 12.6 Å². The molecule has 28 heavy (non-hydrogen) atoms. The van der Waals surface area contributed by atoms with Crippen molar-refractivity contribution < 1.29 is 13.3 Å². The van der Waals surface area contributed by atoms with Gasteiger partial charge in [0.25, 0.3) is 0 Å². The Balaban J connectivity index is 1.58. The van der Waals surface area contributed by atoms with E-state index < -0.39 is 0 Å². The summed E-state index contributed by atoms with van der Waals surface area (Å²) in [4.78, 5) is 0. The van der Waals surface area contributed by atoms with Gasteiger partial charge in [-0.1, -0.05) is 28.5 Å². The lowest BCUT2D eigenvalue weighted by Gasteiger charge is -2.09. The maximum Gasteiger partial charge on any atom is 0.200 e. The second-order valence-electron chi connectivity index (χ2n) is 6.39. The summed E-state index contributed by atoms with van der Waals surface area (Å²) < 4.78 is 27.0. The van der Waals surface area contributed by atoms with Gasteiger partial charge in [-0.25, -0.2) is 4.39 Å². The van der Waals surface area contributed by atoms with Crippen LogP contribution in [0, 0.1) is 12.7 Å². The summed E-state index contributed by atoms with van der Waals surface area (Å²) in [5.74, 6) is 1.44. The molecule has 1 aromatic carbocycles. The Labute approximate surface area is 165 Å². The van der Waals surface area contributed by atoms with Crippen LogP contribution in [0.25, 0.3) is 22.9 Å². The van der Waals surface area contributed by atoms with E-state index in [4.69, 9.17) is 8.94 Å². The number of aryl methyl sites for hydroxylation is 1. The smallest absolute Gasteiger partial charge is 0.200 e. The van der Waals surface area contributed by atoms with Gasteiger partial charge in [0.2, 0.25) is 0 Å². The molecule has 0 N–H and O–H groups in total. The fourth-order valence-electron chi connectivity index (χ4n) is 2.90. The van der Waals surface area contributed by atoms with Gasteiger partial charge in [-0.2, -0.15) is 0 Å². The zero-order valence-electron chi connectivity index (χ0n) is 15.7. The van der Waals surface area contributed by atoms with Crippen LogP contribution in [0.3, 0.4) is 0 Å². The lowest BCUT2D eigenvalue weighted by atomic mass is 10.1. The van der Waals surface area contributed by atoms with E-state index in [-0.39, 0.29) is 11.1 Å². The topological polar surface area (TPSA) is 69.9 Å². The van der Waals surface area contributed by atoms with E-state index in [1.165, 1.54) is 17.8 Å². The van der Waals surface area contributed by atoms with E-state index in [1.54, 1.807) is 24.5 Å². The molecule has 8 heteroatoms. The Bertz CT molecular complexity index is 1090. The van der Waals surface area contributed by atoms with Gasteiger partial charge in [0.05, 0.1) is 22.8 Å². The molecule has 3 heterocycles. The number of benzene rings is 1. The van der Waals surface area contributed by atoms with E-state index >= 15 is 0 Å². The summed E-state index contributed by atoms with van der Waals surface area (Å²) in [6, 6.07) is 10.4. The molecule has 0 aliphatic heterocycles. The van der Waals surface area contributed by atoms with Gasteiger partial charge >= 0.3 is 0 Å². The molecule has 1 unspecified atom stereocenters. The van der Waals surface area contributed by atoms with E-state index in [1.807, 2.05) is 37.5 Å². The highest BCUT2D eigenvalue weighted by Crippen LogP contribution is 2.36. The third-order valence-corrected chi connectivity index (χ3v) is 5.50. The monoisotopic (exact) mass is 398 g/mol. The first-order chi connectivity index (χ1) is 13.6. The highest BCUT2D eigenvalue weighted by Gasteiger charge is 2.21. The molecule has 0 saturated heterocycles. The maximum atomic E-state index is 14.1. The molecule has 144 valence electrons. The standard InChI is InChI=1S/C20H19FN4O2S/c1-4-25-19(17-6-5-9-26-17)22-23-20(25)28-13(3)16-11-18(27-24-16)14-10-12(2)7-8-15(14)21/h5-11,13H,4H2,1-3H3. The first-order valence-corrected chi connectivity index (χ1v) is 9.81. The summed E-state index contributed by atoms with van der Waals surface area (Å²) in [6.45, 7) is 6.64. The average Bonchev–Trinajstić information content (AvgIpc) is 3.43. The predicted molar refractivity (Wildman–Crippen MR) is 104 cm³/mol. The van der Waals surface area contributed by atoms with Gasteiger partial charge in [-0.05, 0) is 45.0 Å². The Morgan fingerprint density at radius 1 is 1.18 bits per heavy atom. The molecule has 0 spiro atoms. The number of thioether (sulfide) groups is 1. The van der Waals surface area contributed by atoms with Crippen molar-refractivity contribution in [2.45, 2.75) is 37.7 Å². The minimum absolute atomic E-state index is 0.0516. The second-order valence-corrected chi connectivity index (χ2v) is 7.70. The Hall–Kier alpha value is -2.87. The Kier molecular flexibility index (Phi) is 5.04. The second kappa shape index (κ2) is 7.63. The minimum Gasteiger partial charge on any atom is -0.461 e. The van der Waals surface area contributed by atoms with Gasteiger partial charge in [-0.15, -0.1) is 10.2 Å². The Morgan fingerprint density at radius 2 is 2.04 bits per heavy atom. The van der Waals surface area contributed by atoms with Crippen molar-refractivity contribution >= 4 is 11.8 Å². The molecule has 0 saturated carbocycles. The molecule has 0 radical (unpaired) electrons. The van der Waals surface area contributed by atoms with Crippen LogP contribution < -0.4 is 0 Å². The van der Waals surface area contributed by atoms with Crippen LogP contribution in [0.4, 0.5) is 4.39 Å². The van der Waals surface area contributed by atoms with Gasteiger partial charge in [0.15, 0.2) is 22.5 Å². The van der Waals surface area contributed by atoms with Crippen molar-refractivity contribution in [3.8, 4) is 22.9 Å². The molecule has 3 aromatic heterocycles. The highest BCUT2D eigenvalue weighted by molar-refractivity contribution is 7.99. The summed E-state index contributed by atoms with van der Waals surface area (Å²) >= 11 is 1.51. The molecule has 4 rings (SSSR count). The van der Waals surface area contributed by atoms with Crippen LogP contribution in [-0.4, -0.2) is 19.9 Å². The summed E-state index contributed by atoms with van der Waals surface area (Å²) in [5.41, 5.74) is 2.08. The number of hydrogen-bond acceptors (Lipinski definition) is 6. The SMILES string of the molecule is CCn1c(SC(C)c2cc(-c3cc(C)ccc3F)on2)nnc1-c1ccco1. The number of hydrogen-bond donors (Lipinski definition) is 0. The number of furan rings is 1. The zero-order chi connectivity index (χ0) is 19.7. The lowest BCUT2D eigenvalue weighted by Crippen LogP contribution is -2.00. The molecule has 0 aliphatic rings. The van der Waals surface area contributed by atoms with Gasteiger partial charge in [0.1, 0.15) is 5.82 Å². The van der Waals surface area contributed by atoms with Crippen LogP contribution in [0.5, 0.6) is 0 Å². The van der Waals surface area contributed by atoms with E-state index in [9.17, 15) is 4.39 Å². The summed E-state index contributed by atoms with van der Waals surface area (Å²) in [5, 5.41) is 13.4. The molecule has 0 aliphatic carbocycles. The molecule has 0 fully saturated rings. The van der Waals surface area contributed by atoms with Crippen molar-refractivity contribution in [1.82, 2.24) is 19.9 Å². The van der Waals surface area contributed by atoms with Gasteiger partial charge in [-0.3, -0.25) is 4.57 Å². The number of nitrogens with zero attached hydrogens (tertiary/aromatic N) is 4. The Morgan fingerprint density at radius 3 is 2.79 bits per heavy atom. The van der Waals surface area contributed by atoms with Crippen LogP contribution in [-0.2, 0) is 6.54 Å². The first-order valence-electron chi connectivity index (χ1n) is 8.93. The van der Waals surface area contributed by atoms with Crippen LogP contribution in [0.2, 0.25) is 0 Å². The summed E-state index contributed by atoms with van der Waals surface area (Å²) in [6.07, 6.45) is 1.61. The van der Waals surface area contributed by atoms with Crippen molar-refractivity contribution in [3.63, 3.8) is 0 Å². The zero-order valence-corrected chi connectivity index (χ0v) is 16.5. The normalized spacial score (nSPS) is 12.4. The third-order valence-electron chi connectivity index (χ3n) is 4.39. The molecular formula is C20H19FN4O2S. The number of rotatable bonds is 6. The minimum atomic E-state index is -0.331. The quantitative estimate of drug-likeness (QED) is 0.399. The fraction of sp³-hybridized carbons (Fsp3) is 0.250. The summed E-state index contributed by atoms with van der Waals surface area (Å²) in [7, 11) is 0. The van der Waals surface area contributed by atoms with E-state index in [0.717, 1.165) is 10.7 Å². The maximum absolute atomic E-state index is 14.1. The van der Waals surface area contributed by atoms with Crippen LogP contribution in [0.1, 0.15) is 30.4 Å². The fourth-order valence-corrected chi connectivity index (χ4v) is 3.88. The van der Waals surface area contributed by atoms with E-state index in [0.29, 0.717) is 35.1 Å². The molecule has 4 aromatic rings. The molecule has 6 nitrogen and oxygen atoms in total. The first kappa shape index (κ1) is 18.5. The van der Waals surface area contributed by atoms with E-state index in [2.05, 4.69) is 15.4 Å².